The summed E-state index contributed by atoms with van der Waals surface area (Å²) in [5, 5.41) is 3.54. The van der Waals surface area contributed by atoms with Crippen molar-refractivity contribution < 1.29 is 14.4 Å². The van der Waals surface area contributed by atoms with Gasteiger partial charge in [0, 0.05) is 6.92 Å². The van der Waals surface area contributed by atoms with Crippen molar-refractivity contribution in [1.29, 1.82) is 0 Å². The number of carbonyl (C=O) groups is 1. The molecule has 0 spiro atoms. The highest BCUT2D eigenvalue weighted by Gasteiger charge is 2.05. The monoisotopic (exact) mass is 207 g/mol. The van der Waals surface area contributed by atoms with E-state index in [4.69, 9.17) is 4.74 Å². The predicted octanol–water partition coefficient (Wildman–Crippen LogP) is 2.21. The molecule has 0 bridgehead atoms. The molecule has 0 aromatic heterocycles. The Kier molecular flexibility index (Phi) is 4.34. The van der Waals surface area contributed by atoms with Crippen molar-refractivity contribution in [2.75, 3.05) is 6.61 Å². The first-order valence-electron chi connectivity index (χ1n) is 4.68. The fraction of sp³-hybridized carbons (Fsp3) is 0.273. The van der Waals surface area contributed by atoms with Crippen LogP contribution >= 0.6 is 0 Å². The van der Waals surface area contributed by atoms with Gasteiger partial charge in [-0.3, -0.25) is 0 Å². The number of nitrogens with zero attached hydrogens (tertiary/aromatic N) is 1. The number of benzene rings is 1. The van der Waals surface area contributed by atoms with Crippen LogP contribution in [0.1, 0.15) is 24.2 Å². The number of ether oxygens (including phenoxy) is 1. The Morgan fingerprint density at radius 2 is 2.00 bits per heavy atom. The third kappa shape index (κ3) is 3.81. The van der Waals surface area contributed by atoms with E-state index in [0.29, 0.717) is 18.1 Å². The van der Waals surface area contributed by atoms with Crippen LogP contribution in [0.5, 0.6) is 0 Å². The average Bonchev–Trinajstić information content (AvgIpc) is 2.27. The molecule has 4 nitrogen and oxygen atoms in total. The first-order chi connectivity index (χ1) is 7.24. The minimum absolute atomic E-state index is 0.335. The minimum atomic E-state index is -0.491. The lowest BCUT2D eigenvalue weighted by molar-refractivity contribution is 0.0501. The normalized spacial score (nSPS) is 10.9. The molecule has 0 amide bonds. The molecule has 1 aromatic rings. The molecule has 0 heterocycles. The first kappa shape index (κ1) is 11.2. The quantitative estimate of drug-likeness (QED) is 0.330. The van der Waals surface area contributed by atoms with Gasteiger partial charge < -0.3 is 9.57 Å². The molecule has 0 aliphatic carbocycles. The highest BCUT2D eigenvalue weighted by atomic mass is 16.7. The van der Waals surface area contributed by atoms with Crippen LogP contribution in [0.15, 0.2) is 35.5 Å². The van der Waals surface area contributed by atoms with Crippen molar-refractivity contribution in [1.82, 2.24) is 0 Å². The maximum atomic E-state index is 11.4. The van der Waals surface area contributed by atoms with Crippen LogP contribution in [-0.4, -0.2) is 18.5 Å². The van der Waals surface area contributed by atoms with E-state index in [1.54, 1.807) is 31.2 Å². The SMILES string of the molecule is CCO/C(C)=N\OC(=O)c1ccccc1. The first-order valence-corrected chi connectivity index (χ1v) is 4.68. The van der Waals surface area contributed by atoms with E-state index in [9.17, 15) is 4.79 Å². The van der Waals surface area contributed by atoms with E-state index in [1.165, 1.54) is 0 Å². The molecule has 0 saturated carbocycles. The van der Waals surface area contributed by atoms with Crippen LogP contribution in [0.3, 0.4) is 0 Å². The summed E-state index contributed by atoms with van der Waals surface area (Å²) in [7, 11) is 0. The van der Waals surface area contributed by atoms with Crippen molar-refractivity contribution in [3.05, 3.63) is 35.9 Å². The summed E-state index contributed by atoms with van der Waals surface area (Å²) in [6.07, 6.45) is 0. The summed E-state index contributed by atoms with van der Waals surface area (Å²) in [5.41, 5.74) is 0.463. The van der Waals surface area contributed by atoms with Crippen LogP contribution in [0.2, 0.25) is 0 Å². The van der Waals surface area contributed by atoms with Gasteiger partial charge in [-0.1, -0.05) is 18.2 Å². The van der Waals surface area contributed by atoms with E-state index in [0.717, 1.165) is 0 Å². The molecule has 0 saturated heterocycles. The Labute approximate surface area is 88.5 Å². The summed E-state index contributed by atoms with van der Waals surface area (Å²) in [6, 6.07) is 8.67. The predicted molar refractivity (Wildman–Crippen MR) is 56.6 cm³/mol. The van der Waals surface area contributed by atoms with Gasteiger partial charge in [-0.15, -0.1) is 0 Å². The zero-order valence-corrected chi connectivity index (χ0v) is 8.77. The molecule has 0 aliphatic rings. The lowest BCUT2D eigenvalue weighted by Crippen LogP contribution is -2.05. The molecule has 0 N–H and O–H groups in total. The van der Waals surface area contributed by atoms with Gasteiger partial charge in [0.05, 0.1) is 12.2 Å². The summed E-state index contributed by atoms with van der Waals surface area (Å²) < 4.78 is 5.00. The summed E-state index contributed by atoms with van der Waals surface area (Å²) in [6.45, 7) is 3.96. The summed E-state index contributed by atoms with van der Waals surface area (Å²) in [5.74, 6) is -0.156. The molecule has 15 heavy (non-hydrogen) atoms. The molecule has 0 fully saturated rings. The van der Waals surface area contributed by atoms with Crippen molar-refractivity contribution in [2.45, 2.75) is 13.8 Å². The Bertz CT molecular complexity index is 346. The summed E-state index contributed by atoms with van der Waals surface area (Å²) >= 11 is 0. The largest absolute Gasteiger partial charge is 0.479 e. The molecular formula is C11H13NO3. The van der Waals surface area contributed by atoms with Crippen LogP contribution < -0.4 is 0 Å². The molecule has 1 aromatic carbocycles. The highest BCUT2D eigenvalue weighted by molar-refractivity contribution is 5.89. The lowest BCUT2D eigenvalue weighted by Gasteiger charge is -2.00. The second-order valence-corrected chi connectivity index (χ2v) is 2.79. The minimum Gasteiger partial charge on any atom is -0.479 e. The van der Waals surface area contributed by atoms with Crippen LogP contribution in [0, 0.1) is 0 Å². The van der Waals surface area contributed by atoms with E-state index in [2.05, 4.69) is 9.99 Å². The van der Waals surface area contributed by atoms with E-state index < -0.39 is 5.97 Å². The molecule has 0 radical (unpaired) electrons. The number of hydrogen-bond donors (Lipinski definition) is 0. The Balaban J connectivity index is 2.54. The molecule has 4 heteroatoms. The van der Waals surface area contributed by atoms with Gasteiger partial charge in [0.25, 0.3) is 0 Å². The maximum absolute atomic E-state index is 11.4. The molecule has 0 atom stereocenters. The number of rotatable bonds is 3. The van der Waals surface area contributed by atoms with Gasteiger partial charge in [-0.2, -0.15) is 0 Å². The van der Waals surface area contributed by atoms with Crippen molar-refractivity contribution in [3.8, 4) is 0 Å². The van der Waals surface area contributed by atoms with Gasteiger partial charge >= 0.3 is 5.97 Å². The second kappa shape index (κ2) is 5.80. The number of carbonyl (C=O) groups excluding carboxylic acids is 1. The zero-order chi connectivity index (χ0) is 11.1. The van der Waals surface area contributed by atoms with Crippen molar-refractivity contribution in [3.63, 3.8) is 0 Å². The molecule has 80 valence electrons. The smallest absolute Gasteiger partial charge is 0.365 e. The molecular weight excluding hydrogens is 194 g/mol. The fourth-order valence-electron chi connectivity index (χ4n) is 0.968. The number of hydrogen-bond acceptors (Lipinski definition) is 4. The van der Waals surface area contributed by atoms with E-state index >= 15 is 0 Å². The second-order valence-electron chi connectivity index (χ2n) is 2.79. The number of oxime groups is 1. The van der Waals surface area contributed by atoms with Crippen molar-refractivity contribution >= 4 is 11.9 Å². The van der Waals surface area contributed by atoms with Crippen LogP contribution in [-0.2, 0) is 9.57 Å². The zero-order valence-electron chi connectivity index (χ0n) is 8.77. The molecule has 1 rings (SSSR count). The molecule has 0 unspecified atom stereocenters. The average molecular weight is 207 g/mol. The van der Waals surface area contributed by atoms with Gasteiger partial charge in [0.15, 0.2) is 0 Å². The summed E-state index contributed by atoms with van der Waals surface area (Å²) in [4.78, 5) is 16.0. The third-order valence-corrected chi connectivity index (χ3v) is 1.62. The van der Waals surface area contributed by atoms with E-state index in [-0.39, 0.29) is 0 Å². The molecule has 0 aliphatic heterocycles. The van der Waals surface area contributed by atoms with Gasteiger partial charge in [-0.25, -0.2) is 4.79 Å². The standard InChI is InChI=1S/C11H13NO3/c1-3-14-9(2)12-15-11(13)10-7-5-4-6-8-10/h4-8H,3H2,1-2H3/b12-9-. The third-order valence-electron chi connectivity index (χ3n) is 1.62. The van der Waals surface area contributed by atoms with Gasteiger partial charge in [0.1, 0.15) is 0 Å². The van der Waals surface area contributed by atoms with Crippen molar-refractivity contribution in [2.24, 2.45) is 5.16 Å². The Morgan fingerprint density at radius 1 is 1.33 bits per heavy atom. The Morgan fingerprint density at radius 3 is 2.60 bits per heavy atom. The Hall–Kier alpha value is -1.84. The maximum Gasteiger partial charge on any atom is 0.365 e. The van der Waals surface area contributed by atoms with E-state index in [1.807, 2.05) is 13.0 Å². The van der Waals surface area contributed by atoms with Crippen LogP contribution in [0.4, 0.5) is 0 Å². The van der Waals surface area contributed by atoms with Crippen LogP contribution in [0.25, 0.3) is 0 Å². The van der Waals surface area contributed by atoms with Gasteiger partial charge in [0.2, 0.25) is 5.90 Å². The fourth-order valence-corrected chi connectivity index (χ4v) is 0.968. The topological polar surface area (TPSA) is 47.9 Å². The lowest BCUT2D eigenvalue weighted by atomic mass is 10.2. The van der Waals surface area contributed by atoms with Gasteiger partial charge in [-0.05, 0) is 24.2 Å². The highest BCUT2D eigenvalue weighted by Crippen LogP contribution is 2.01.